The molecular weight excluding hydrogens is 284 g/mol. The lowest BCUT2D eigenvalue weighted by atomic mass is 10.3. The summed E-state index contributed by atoms with van der Waals surface area (Å²) in [5.41, 5.74) is 0. The highest BCUT2D eigenvalue weighted by Gasteiger charge is 2.20. The Labute approximate surface area is 123 Å². The molecule has 0 amide bonds. The van der Waals surface area contributed by atoms with Gasteiger partial charge in [0.15, 0.2) is 5.79 Å². The summed E-state index contributed by atoms with van der Waals surface area (Å²) in [7, 11) is 0. The Bertz CT molecular complexity index is 292. The Morgan fingerprint density at radius 1 is 1.29 bits per heavy atom. The number of hydrogen-bond donors (Lipinski definition) is 3. The molecular formula is C13H24O8. The second-order valence-corrected chi connectivity index (χ2v) is 4.36. The van der Waals surface area contributed by atoms with Crippen LogP contribution >= 0.6 is 0 Å². The minimum atomic E-state index is -1.47. The van der Waals surface area contributed by atoms with Crippen LogP contribution in [-0.4, -0.2) is 79.4 Å². The highest BCUT2D eigenvalue weighted by Crippen LogP contribution is 2.05. The molecule has 21 heavy (non-hydrogen) atoms. The summed E-state index contributed by atoms with van der Waals surface area (Å²) in [5.74, 6) is -2.08. The van der Waals surface area contributed by atoms with E-state index in [0.717, 1.165) is 6.08 Å². The Morgan fingerprint density at radius 3 is 2.57 bits per heavy atom. The first kappa shape index (κ1) is 20.0. The summed E-state index contributed by atoms with van der Waals surface area (Å²) in [6.45, 7) is 4.61. The summed E-state index contributed by atoms with van der Waals surface area (Å²) in [6, 6.07) is 0. The second kappa shape index (κ2) is 11.6. The first-order chi connectivity index (χ1) is 9.91. The second-order valence-electron chi connectivity index (χ2n) is 4.36. The van der Waals surface area contributed by atoms with Crippen molar-refractivity contribution < 1.29 is 39.1 Å². The average molecular weight is 308 g/mol. The first-order valence-electron chi connectivity index (χ1n) is 6.51. The van der Waals surface area contributed by atoms with Crippen LogP contribution in [0.3, 0.4) is 0 Å². The molecule has 0 aliphatic carbocycles. The zero-order chi connectivity index (χ0) is 16.1. The van der Waals surface area contributed by atoms with Crippen molar-refractivity contribution in [3.8, 4) is 0 Å². The molecule has 3 N–H and O–H groups in total. The summed E-state index contributed by atoms with van der Waals surface area (Å²) in [6.07, 6.45) is 0.0801. The van der Waals surface area contributed by atoms with Crippen LogP contribution in [0.1, 0.15) is 6.92 Å². The van der Waals surface area contributed by atoms with E-state index in [0.29, 0.717) is 0 Å². The molecule has 2 atom stereocenters. The molecule has 0 aromatic carbocycles. The summed E-state index contributed by atoms with van der Waals surface area (Å²) >= 11 is 0. The fourth-order valence-corrected chi connectivity index (χ4v) is 1.19. The Morgan fingerprint density at radius 2 is 1.95 bits per heavy atom. The van der Waals surface area contributed by atoms with Gasteiger partial charge in [-0.3, -0.25) is 0 Å². The standard InChI is InChI=1S/C13H24O8/c1-3-12(16)20-9-11(15)8-18-6-7-19-10-13(2,17)21-5-4-14/h3,11,14-15,17H,1,4-10H2,2H3. The van der Waals surface area contributed by atoms with Crippen molar-refractivity contribution in [2.24, 2.45) is 0 Å². The lowest BCUT2D eigenvalue weighted by Crippen LogP contribution is -2.35. The minimum absolute atomic E-state index is 0.00874. The third-order valence-electron chi connectivity index (χ3n) is 2.14. The van der Waals surface area contributed by atoms with Crippen LogP contribution < -0.4 is 0 Å². The van der Waals surface area contributed by atoms with Gasteiger partial charge in [0, 0.05) is 6.08 Å². The maximum atomic E-state index is 10.7. The molecule has 124 valence electrons. The van der Waals surface area contributed by atoms with Gasteiger partial charge in [0.25, 0.3) is 0 Å². The van der Waals surface area contributed by atoms with E-state index in [1.165, 1.54) is 6.92 Å². The van der Waals surface area contributed by atoms with Crippen molar-refractivity contribution in [2.75, 3.05) is 46.2 Å². The molecule has 0 radical (unpaired) electrons. The smallest absolute Gasteiger partial charge is 0.330 e. The fourth-order valence-electron chi connectivity index (χ4n) is 1.19. The molecule has 0 aromatic rings. The number of carbonyl (C=O) groups excluding carboxylic acids is 1. The van der Waals surface area contributed by atoms with E-state index in [-0.39, 0.29) is 46.2 Å². The largest absolute Gasteiger partial charge is 0.460 e. The van der Waals surface area contributed by atoms with Crippen molar-refractivity contribution in [3.05, 3.63) is 12.7 Å². The van der Waals surface area contributed by atoms with E-state index in [1.807, 2.05) is 0 Å². The summed E-state index contributed by atoms with van der Waals surface area (Å²) < 4.78 is 19.8. The third kappa shape index (κ3) is 12.4. The number of carbonyl (C=O) groups is 1. The molecule has 0 bridgehead atoms. The van der Waals surface area contributed by atoms with Crippen molar-refractivity contribution in [1.29, 1.82) is 0 Å². The molecule has 0 aliphatic rings. The maximum Gasteiger partial charge on any atom is 0.330 e. The fraction of sp³-hybridized carbons (Fsp3) is 0.769. The zero-order valence-electron chi connectivity index (χ0n) is 12.2. The van der Waals surface area contributed by atoms with Gasteiger partial charge in [-0.25, -0.2) is 4.79 Å². The quantitative estimate of drug-likeness (QED) is 0.169. The van der Waals surface area contributed by atoms with Crippen molar-refractivity contribution >= 4 is 5.97 Å². The number of aliphatic hydroxyl groups excluding tert-OH is 2. The van der Waals surface area contributed by atoms with Gasteiger partial charge in [-0.2, -0.15) is 0 Å². The number of esters is 1. The monoisotopic (exact) mass is 308 g/mol. The lowest BCUT2D eigenvalue weighted by Gasteiger charge is -2.23. The van der Waals surface area contributed by atoms with Gasteiger partial charge in [0.2, 0.25) is 0 Å². The maximum absolute atomic E-state index is 10.7. The molecule has 0 saturated carbocycles. The van der Waals surface area contributed by atoms with Crippen LogP contribution in [0.2, 0.25) is 0 Å². The third-order valence-corrected chi connectivity index (χ3v) is 2.14. The molecule has 2 unspecified atom stereocenters. The number of aliphatic hydroxyl groups is 3. The number of rotatable bonds is 13. The highest BCUT2D eigenvalue weighted by atomic mass is 16.7. The minimum Gasteiger partial charge on any atom is -0.460 e. The van der Waals surface area contributed by atoms with Crippen molar-refractivity contribution in [1.82, 2.24) is 0 Å². The van der Waals surface area contributed by atoms with Crippen LogP contribution in [-0.2, 0) is 23.7 Å². The average Bonchev–Trinajstić information content (AvgIpc) is 2.46. The first-order valence-corrected chi connectivity index (χ1v) is 6.51. The Hall–Kier alpha value is -1.03. The molecule has 0 saturated heterocycles. The topological polar surface area (TPSA) is 115 Å². The van der Waals surface area contributed by atoms with E-state index in [1.54, 1.807) is 0 Å². The van der Waals surface area contributed by atoms with Crippen LogP contribution in [0, 0.1) is 0 Å². The predicted octanol–water partition coefficient (Wildman–Crippen LogP) is -1.17. The van der Waals surface area contributed by atoms with Crippen molar-refractivity contribution in [2.45, 2.75) is 18.8 Å². The van der Waals surface area contributed by atoms with E-state index >= 15 is 0 Å². The van der Waals surface area contributed by atoms with Gasteiger partial charge in [-0.15, -0.1) is 0 Å². The van der Waals surface area contributed by atoms with E-state index < -0.39 is 17.9 Å². The van der Waals surface area contributed by atoms with Crippen LogP contribution in [0.5, 0.6) is 0 Å². The molecule has 0 fully saturated rings. The summed E-state index contributed by atoms with van der Waals surface area (Å²) in [4.78, 5) is 10.7. The van der Waals surface area contributed by atoms with Gasteiger partial charge in [-0.1, -0.05) is 6.58 Å². The number of hydrogen-bond acceptors (Lipinski definition) is 8. The Kier molecular flexibility index (Phi) is 11.0. The molecule has 0 heterocycles. The molecule has 0 aliphatic heterocycles. The van der Waals surface area contributed by atoms with Gasteiger partial charge in [0.1, 0.15) is 19.3 Å². The molecule has 0 aromatic heterocycles. The van der Waals surface area contributed by atoms with Crippen LogP contribution in [0.15, 0.2) is 12.7 Å². The summed E-state index contributed by atoms with van der Waals surface area (Å²) in [5, 5.41) is 27.6. The predicted molar refractivity (Wildman–Crippen MR) is 72.5 cm³/mol. The van der Waals surface area contributed by atoms with Crippen LogP contribution in [0.4, 0.5) is 0 Å². The number of ether oxygens (including phenoxy) is 4. The Balaban J connectivity index is 3.50. The normalized spacial score (nSPS) is 15.2. The van der Waals surface area contributed by atoms with Gasteiger partial charge in [0.05, 0.1) is 33.0 Å². The van der Waals surface area contributed by atoms with Gasteiger partial charge in [-0.05, 0) is 6.92 Å². The van der Waals surface area contributed by atoms with Gasteiger partial charge < -0.3 is 34.3 Å². The lowest BCUT2D eigenvalue weighted by molar-refractivity contribution is -0.224. The molecule has 0 rings (SSSR count). The van der Waals surface area contributed by atoms with Gasteiger partial charge >= 0.3 is 5.97 Å². The highest BCUT2D eigenvalue weighted by molar-refractivity contribution is 5.81. The molecule has 8 nitrogen and oxygen atoms in total. The molecule has 0 spiro atoms. The molecule has 8 heteroatoms. The van der Waals surface area contributed by atoms with E-state index in [9.17, 15) is 15.0 Å². The SMILES string of the molecule is C=CC(=O)OCC(O)COCCOCC(C)(O)OCCO. The van der Waals surface area contributed by atoms with E-state index in [4.69, 9.17) is 19.3 Å². The van der Waals surface area contributed by atoms with Crippen LogP contribution in [0.25, 0.3) is 0 Å². The van der Waals surface area contributed by atoms with Crippen molar-refractivity contribution in [3.63, 3.8) is 0 Å². The zero-order valence-corrected chi connectivity index (χ0v) is 12.2. The van der Waals surface area contributed by atoms with E-state index in [2.05, 4.69) is 11.3 Å².